The van der Waals surface area contributed by atoms with Crippen molar-refractivity contribution in [2.75, 3.05) is 19.0 Å². The number of hydrogen-bond acceptors (Lipinski definition) is 6. The zero-order chi connectivity index (χ0) is 17.7. The van der Waals surface area contributed by atoms with Crippen molar-refractivity contribution in [2.45, 2.75) is 11.8 Å². The van der Waals surface area contributed by atoms with Crippen molar-refractivity contribution < 1.29 is 22.7 Å². The Kier molecular flexibility index (Phi) is 5.71. The van der Waals surface area contributed by atoms with Crippen molar-refractivity contribution in [2.24, 2.45) is 0 Å². The Morgan fingerprint density at radius 3 is 2.62 bits per heavy atom. The van der Waals surface area contributed by atoms with E-state index in [1.165, 1.54) is 24.5 Å². The predicted octanol–water partition coefficient (Wildman–Crippen LogP) is 1.76. The van der Waals surface area contributed by atoms with Crippen molar-refractivity contribution in [1.82, 2.24) is 4.72 Å². The molecule has 2 rings (SSSR count). The summed E-state index contributed by atoms with van der Waals surface area (Å²) >= 11 is 1.35. The van der Waals surface area contributed by atoms with Crippen molar-refractivity contribution in [3.63, 3.8) is 0 Å². The van der Waals surface area contributed by atoms with E-state index < -0.39 is 28.5 Å². The predicted molar refractivity (Wildman–Crippen MR) is 90.7 cm³/mol. The molecule has 1 amide bonds. The van der Waals surface area contributed by atoms with Crippen LogP contribution in [0.25, 0.3) is 0 Å². The molecule has 0 aliphatic rings. The van der Waals surface area contributed by atoms with Gasteiger partial charge in [-0.1, -0.05) is 6.07 Å². The summed E-state index contributed by atoms with van der Waals surface area (Å²) in [6.07, 6.45) is 0. The summed E-state index contributed by atoms with van der Waals surface area (Å²) in [7, 11) is -2.32. The maximum atomic E-state index is 11.9. The first kappa shape index (κ1) is 18.1. The molecule has 1 aromatic carbocycles. The molecule has 0 atom stereocenters. The van der Waals surface area contributed by atoms with E-state index in [4.69, 9.17) is 4.74 Å². The Morgan fingerprint density at radius 2 is 2.00 bits per heavy atom. The number of thiophene rings is 1. The van der Waals surface area contributed by atoms with E-state index in [1.54, 1.807) is 35.9 Å². The molecule has 1 aromatic heterocycles. The van der Waals surface area contributed by atoms with Gasteiger partial charge in [0, 0.05) is 11.1 Å². The van der Waals surface area contributed by atoms with Crippen molar-refractivity contribution in [3.8, 4) is 0 Å². The molecule has 0 bridgehead atoms. The smallest absolute Gasteiger partial charge is 0.339 e. The highest BCUT2D eigenvalue weighted by Crippen LogP contribution is 2.20. The molecule has 128 valence electrons. The van der Waals surface area contributed by atoms with Gasteiger partial charge in [0.15, 0.2) is 6.61 Å². The number of aryl methyl sites for hydroxylation is 1. The molecule has 0 aliphatic carbocycles. The molecule has 9 heteroatoms. The van der Waals surface area contributed by atoms with Crippen LogP contribution in [-0.4, -0.2) is 33.9 Å². The average Bonchev–Trinajstić information content (AvgIpc) is 3.09. The molecule has 0 saturated heterocycles. The lowest BCUT2D eigenvalue weighted by atomic mass is 10.2. The Morgan fingerprint density at radius 1 is 1.25 bits per heavy atom. The Hall–Kier alpha value is -2.23. The highest BCUT2D eigenvalue weighted by Gasteiger charge is 2.16. The van der Waals surface area contributed by atoms with Crippen LogP contribution >= 0.6 is 11.3 Å². The third kappa shape index (κ3) is 4.40. The number of amides is 1. The second-order valence-corrected chi connectivity index (χ2v) is 7.46. The molecular weight excluding hydrogens is 352 g/mol. The monoisotopic (exact) mass is 368 g/mol. The van der Waals surface area contributed by atoms with Gasteiger partial charge in [0.25, 0.3) is 5.91 Å². The second-order valence-electron chi connectivity index (χ2n) is 4.82. The fourth-order valence-electron chi connectivity index (χ4n) is 1.87. The van der Waals surface area contributed by atoms with Gasteiger partial charge >= 0.3 is 5.97 Å². The van der Waals surface area contributed by atoms with Crippen molar-refractivity contribution >= 4 is 38.9 Å². The molecule has 0 aliphatic heterocycles. The highest BCUT2D eigenvalue weighted by molar-refractivity contribution is 7.89. The van der Waals surface area contributed by atoms with E-state index in [1.807, 2.05) is 0 Å². The number of rotatable bonds is 6. The third-order valence-electron chi connectivity index (χ3n) is 3.12. The number of carbonyl (C=O) groups excluding carboxylic acids is 2. The van der Waals surface area contributed by atoms with E-state index in [0.29, 0.717) is 16.8 Å². The molecule has 2 N–H and O–H groups in total. The first-order chi connectivity index (χ1) is 11.3. The number of nitrogens with one attached hydrogen (secondary N) is 2. The summed E-state index contributed by atoms with van der Waals surface area (Å²) in [5, 5.41) is 5.85. The van der Waals surface area contributed by atoms with Gasteiger partial charge in [-0.05, 0) is 43.1 Å². The molecule has 0 spiro atoms. The standard InChI is InChI=1S/C15H16N2O5S2/c1-10-3-4-12(7-13(10)24(20,21)16-2)17-14(18)8-22-15(19)11-5-6-23-9-11/h3-7,9,16H,8H2,1-2H3,(H,17,18). The van der Waals surface area contributed by atoms with Crippen LogP contribution in [0.5, 0.6) is 0 Å². The molecule has 0 saturated carbocycles. The zero-order valence-electron chi connectivity index (χ0n) is 13.0. The second kappa shape index (κ2) is 7.56. The van der Waals surface area contributed by atoms with E-state index in [9.17, 15) is 18.0 Å². The largest absolute Gasteiger partial charge is 0.452 e. The van der Waals surface area contributed by atoms with Crippen LogP contribution in [0.15, 0.2) is 39.9 Å². The molecule has 24 heavy (non-hydrogen) atoms. The van der Waals surface area contributed by atoms with Gasteiger partial charge in [-0.3, -0.25) is 4.79 Å². The molecule has 0 unspecified atom stereocenters. The molecule has 2 aromatic rings. The maximum absolute atomic E-state index is 11.9. The number of ether oxygens (including phenoxy) is 1. The van der Waals surface area contributed by atoms with E-state index in [0.717, 1.165) is 0 Å². The fourth-order valence-corrected chi connectivity index (χ4v) is 3.49. The molecule has 7 nitrogen and oxygen atoms in total. The average molecular weight is 368 g/mol. The number of carbonyl (C=O) groups is 2. The van der Waals surface area contributed by atoms with Gasteiger partial charge in [0.1, 0.15) is 0 Å². The van der Waals surface area contributed by atoms with E-state index in [-0.39, 0.29) is 4.90 Å². The number of esters is 1. The third-order valence-corrected chi connectivity index (χ3v) is 5.36. The Balaban J connectivity index is 2.02. The molecule has 0 fully saturated rings. The van der Waals surface area contributed by atoms with Gasteiger partial charge in [0.2, 0.25) is 10.0 Å². The van der Waals surface area contributed by atoms with Crippen LogP contribution in [0.4, 0.5) is 5.69 Å². The van der Waals surface area contributed by atoms with E-state index in [2.05, 4.69) is 10.0 Å². The quantitative estimate of drug-likeness (QED) is 0.757. The van der Waals surface area contributed by atoms with Crippen LogP contribution in [-0.2, 0) is 19.6 Å². The Labute approximate surface area is 143 Å². The normalized spacial score (nSPS) is 11.1. The van der Waals surface area contributed by atoms with Gasteiger partial charge in [0.05, 0.1) is 10.5 Å². The van der Waals surface area contributed by atoms with Crippen LogP contribution in [0.3, 0.4) is 0 Å². The SMILES string of the molecule is CNS(=O)(=O)c1cc(NC(=O)COC(=O)c2ccsc2)ccc1C. The first-order valence-electron chi connectivity index (χ1n) is 6.87. The topological polar surface area (TPSA) is 102 Å². The molecular formula is C15H16N2O5S2. The van der Waals surface area contributed by atoms with Gasteiger partial charge in [-0.2, -0.15) is 11.3 Å². The summed E-state index contributed by atoms with van der Waals surface area (Å²) < 4.78 is 30.9. The number of anilines is 1. The van der Waals surface area contributed by atoms with Crippen LogP contribution in [0.1, 0.15) is 15.9 Å². The van der Waals surface area contributed by atoms with Crippen LogP contribution in [0, 0.1) is 6.92 Å². The van der Waals surface area contributed by atoms with Crippen LogP contribution < -0.4 is 10.0 Å². The summed E-state index contributed by atoms with van der Waals surface area (Å²) in [4.78, 5) is 23.6. The molecule has 0 radical (unpaired) electrons. The van der Waals surface area contributed by atoms with Crippen LogP contribution in [0.2, 0.25) is 0 Å². The fraction of sp³-hybridized carbons (Fsp3) is 0.200. The Bertz CT molecular complexity index is 845. The number of hydrogen-bond donors (Lipinski definition) is 2. The summed E-state index contributed by atoms with van der Waals surface area (Å²) in [6, 6.07) is 6.10. The minimum atomic E-state index is -3.63. The maximum Gasteiger partial charge on any atom is 0.339 e. The number of sulfonamides is 1. The first-order valence-corrected chi connectivity index (χ1v) is 9.29. The number of benzene rings is 1. The van der Waals surface area contributed by atoms with Crippen molar-refractivity contribution in [3.05, 3.63) is 46.2 Å². The lowest BCUT2D eigenvalue weighted by molar-refractivity contribution is -0.119. The highest BCUT2D eigenvalue weighted by atomic mass is 32.2. The van der Waals surface area contributed by atoms with Gasteiger partial charge in [-0.25, -0.2) is 17.9 Å². The minimum Gasteiger partial charge on any atom is -0.452 e. The van der Waals surface area contributed by atoms with Gasteiger partial charge < -0.3 is 10.1 Å². The van der Waals surface area contributed by atoms with Gasteiger partial charge in [-0.15, -0.1) is 0 Å². The van der Waals surface area contributed by atoms with Crippen molar-refractivity contribution in [1.29, 1.82) is 0 Å². The lowest BCUT2D eigenvalue weighted by Gasteiger charge is -2.10. The van der Waals surface area contributed by atoms with E-state index >= 15 is 0 Å². The summed E-state index contributed by atoms with van der Waals surface area (Å²) in [5.41, 5.74) is 1.22. The summed E-state index contributed by atoms with van der Waals surface area (Å²) in [5.74, 6) is -1.15. The minimum absolute atomic E-state index is 0.0677. The summed E-state index contributed by atoms with van der Waals surface area (Å²) in [6.45, 7) is 1.19. The molecule has 1 heterocycles. The zero-order valence-corrected chi connectivity index (χ0v) is 14.7. The lowest BCUT2D eigenvalue weighted by Crippen LogP contribution is -2.22.